The molecule has 1 N–H and O–H groups in total. The highest BCUT2D eigenvalue weighted by molar-refractivity contribution is 6.36. The topological polar surface area (TPSA) is 49.4 Å². The Balaban J connectivity index is 1.99. The van der Waals surface area contributed by atoms with E-state index >= 15 is 0 Å². The van der Waals surface area contributed by atoms with Crippen molar-refractivity contribution in [3.8, 4) is 0 Å². The zero-order valence-electron chi connectivity index (χ0n) is 18.8. The third kappa shape index (κ3) is 6.16. The number of amides is 2. The van der Waals surface area contributed by atoms with Gasteiger partial charge in [-0.15, -0.1) is 0 Å². The Bertz CT molecular complexity index is 1010. The average Bonchev–Trinajstić information content (AvgIpc) is 2.84. The maximum absolute atomic E-state index is 13.8. The van der Waals surface area contributed by atoms with Gasteiger partial charge in [-0.05, 0) is 29.7 Å². The molecule has 1 unspecified atom stereocenters. The lowest BCUT2D eigenvalue weighted by Gasteiger charge is -2.32. The molecule has 33 heavy (non-hydrogen) atoms. The van der Waals surface area contributed by atoms with Gasteiger partial charge in [0.05, 0.1) is 0 Å². The quantitative estimate of drug-likeness (QED) is 0.402. The molecule has 0 spiro atoms. The van der Waals surface area contributed by atoms with Crippen LogP contribution >= 0.6 is 23.2 Å². The Morgan fingerprint density at radius 3 is 1.82 bits per heavy atom. The van der Waals surface area contributed by atoms with Crippen LogP contribution in [0.2, 0.25) is 10.0 Å². The third-order valence-electron chi connectivity index (χ3n) is 5.81. The van der Waals surface area contributed by atoms with Gasteiger partial charge in [0.25, 0.3) is 0 Å². The molecule has 3 aromatic carbocycles. The van der Waals surface area contributed by atoms with Gasteiger partial charge < -0.3 is 10.2 Å². The Labute approximate surface area is 205 Å². The standard InChI is InChI=1S/C27H28Cl2N2O2/c1-3-25(27(33)30-2)31(18-22-23(28)15-10-16-24(22)29)26(32)17-21(19-11-6-4-7-12-19)20-13-8-5-9-14-20/h4-16,21,25H,3,17-18H2,1-2H3,(H,30,33). The number of nitrogens with one attached hydrogen (secondary N) is 1. The van der Waals surface area contributed by atoms with Gasteiger partial charge in [-0.25, -0.2) is 0 Å². The molecule has 3 rings (SSSR count). The Hall–Kier alpha value is -2.82. The molecule has 0 aliphatic rings. The summed E-state index contributed by atoms with van der Waals surface area (Å²) in [6.45, 7) is 2.04. The van der Waals surface area contributed by atoms with E-state index in [9.17, 15) is 9.59 Å². The van der Waals surface area contributed by atoms with Gasteiger partial charge in [0, 0.05) is 41.5 Å². The summed E-state index contributed by atoms with van der Waals surface area (Å²) in [7, 11) is 1.58. The van der Waals surface area contributed by atoms with Crippen LogP contribution in [0.4, 0.5) is 0 Å². The number of carbonyl (C=O) groups excluding carboxylic acids is 2. The van der Waals surface area contributed by atoms with Crippen molar-refractivity contribution in [3.63, 3.8) is 0 Å². The molecule has 0 aromatic heterocycles. The van der Waals surface area contributed by atoms with E-state index in [0.29, 0.717) is 22.0 Å². The van der Waals surface area contributed by atoms with Gasteiger partial charge in [-0.3, -0.25) is 9.59 Å². The van der Waals surface area contributed by atoms with Gasteiger partial charge in [0.2, 0.25) is 11.8 Å². The molecular formula is C27H28Cl2N2O2. The molecule has 0 bridgehead atoms. The molecule has 0 aliphatic carbocycles. The summed E-state index contributed by atoms with van der Waals surface area (Å²) in [4.78, 5) is 28.1. The highest BCUT2D eigenvalue weighted by atomic mass is 35.5. The zero-order chi connectivity index (χ0) is 23.8. The SMILES string of the molecule is CCC(C(=O)NC)N(Cc1c(Cl)cccc1Cl)C(=O)CC(c1ccccc1)c1ccccc1. The van der Waals surface area contributed by atoms with Crippen molar-refractivity contribution in [1.82, 2.24) is 10.2 Å². The lowest BCUT2D eigenvalue weighted by molar-refractivity contribution is -0.141. The van der Waals surface area contributed by atoms with Crippen molar-refractivity contribution in [1.29, 1.82) is 0 Å². The normalized spacial score (nSPS) is 11.8. The highest BCUT2D eigenvalue weighted by Gasteiger charge is 2.31. The van der Waals surface area contributed by atoms with E-state index in [2.05, 4.69) is 5.32 Å². The summed E-state index contributed by atoms with van der Waals surface area (Å²) in [5, 5.41) is 3.62. The maximum Gasteiger partial charge on any atom is 0.242 e. The van der Waals surface area contributed by atoms with E-state index in [-0.39, 0.29) is 30.7 Å². The van der Waals surface area contributed by atoms with E-state index in [1.807, 2.05) is 67.6 Å². The smallest absolute Gasteiger partial charge is 0.242 e. The molecule has 0 radical (unpaired) electrons. The molecule has 1 atom stereocenters. The fourth-order valence-corrected chi connectivity index (χ4v) is 4.55. The summed E-state index contributed by atoms with van der Waals surface area (Å²) in [6.07, 6.45) is 0.679. The molecule has 0 heterocycles. The molecule has 6 heteroatoms. The molecule has 2 amide bonds. The summed E-state index contributed by atoms with van der Waals surface area (Å²) >= 11 is 12.8. The summed E-state index contributed by atoms with van der Waals surface area (Å²) in [6, 6.07) is 24.5. The number of likely N-dealkylation sites (N-methyl/N-ethyl adjacent to an activating group) is 1. The summed E-state index contributed by atoms with van der Waals surface area (Å²) in [5.74, 6) is -0.504. The van der Waals surface area contributed by atoms with Crippen LogP contribution in [0.25, 0.3) is 0 Å². The fraction of sp³-hybridized carbons (Fsp3) is 0.259. The van der Waals surface area contributed by atoms with Crippen LogP contribution in [0.1, 0.15) is 42.4 Å². The highest BCUT2D eigenvalue weighted by Crippen LogP contribution is 2.31. The molecule has 3 aromatic rings. The van der Waals surface area contributed by atoms with Gasteiger partial charge in [-0.2, -0.15) is 0 Å². The van der Waals surface area contributed by atoms with Crippen molar-refractivity contribution in [3.05, 3.63) is 106 Å². The Morgan fingerprint density at radius 1 is 0.848 bits per heavy atom. The molecule has 0 aliphatic heterocycles. The van der Waals surface area contributed by atoms with E-state index < -0.39 is 6.04 Å². The monoisotopic (exact) mass is 482 g/mol. The minimum absolute atomic E-state index is 0.140. The average molecular weight is 483 g/mol. The predicted molar refractivity (Wildman–Crippen MR) is 135 cm³/mol. The Kier molecular flexibility index (Phi) is 8.93. The number of hydrogen-bond donors (Lipinski definition) is 1. The number of nitrogens with zero attached hydrogens (tertiary/aromatic N) is 1. The van der Waals surface area contributed by atoms with Crippen LogP contribution in [0.3, 0.4) is 0 Å². The van der Waals surface area contributed by atoms with Crippen molar-refractivity contribution < 1.29 is 9.59 Å². The molecular weight excluding hydrogens is 455 g/mol. The molecule has 0 saturated carbocycles. The number of benzene rings is 3. The zero-order valence-corrected chi connectivity index (χ0v) is 20.3. The van der Waals surface area contributed by atoms with Crippen LogP contribution < -0.4 is 5.32 Å². The molecule has 0 saturated heterocycles. The van der Waals surface area contributed by atoms with Gasteiger partial charge >= 0.3 is 0 Å². The summed E-state index contributed by atoms with van der Waals surface area (Å²) < 4.78 is 0. The van der Waals surface area contributed by atoms with Crippen molar-refractivity contribution in [2.75, 3.05) is 7.05 Å². The third-order valence-corrected chi connectivity index (χ3v) is 6.51. The van der Waals surface area contributed by atoms with Crippen LogP contribution in [0.15, 0.2) is 78.9 Å². The number of hydrogen-bond acceptors (Lipinski definition) is 2. The minimum atomic E-state index is -0.637. The number of carbonyl (C=O) groups is 2. The van der Waals surface area contributed by atoms with Crippen LogP contribution in [-0.2, 0) is 16.1 Å². The van der Waals surface area contributed by atoms with E-state index in [4.69, 9.17) is 23.2 Å². The number of halogens is 2. The van der Waals surface area contributed by atoms with Crippen molar-refractivity contribution in [2.45, 2.75) is 38.3 Å². The van der Waals surface area contributed by atoms with Crippen LogP contribution in [-0.4, -0.2) is 29.8 Å². The first kappa shape index (κ1) is 24.8. The minimum Gasteiger partial charge on any atom is -0.357 e. The van der Waals surface area contributed by atoms with Crippen LogP contribution in [0, 0.1) is 0 Å². The van der Waals surface area contributed by atoms with E-state index in [1.54, 1.807) is 30.1 Å². The molecule has 0 fully saturated rings. The second kappa shape index (κ2) is 11.9. The second-order valence-electron chi connectivity index (χ2n) is 7.84. The van der Waals surface area contributed by atoms with Crippen molar-refractivity contribution in [2.24, 2.45) is 0 Å². The predicted octanol–water partition coefficient (Wildman–Crippen LogP) is 6.07. The molecule has 4 nitrogen and oxygen atoms in total. The lowest BCUT2D eigenvalue weighted by Crippen LogP contribution is -2.48. The van der Waals surface area contributed by atoms with E-state index in [1.165, 1.54) is 0 Å². The second-order valence-corrected chi connectivity index (χ2v) is 8.65. The first-order valence-electron chi connectivity index (χ1n) is 11.0. The molecule has 172 valence electrons. The van der Waals surface area contributed by atoms with E-state index in [0.717, 1.165) is 11.1 Å². The van der Waals surface area contributed by atoms with Gasteiger partial charge in [0.1, 0.15) is 6.04 Å². The van der Waals surface area contributed by atoms with Gasteiger partial charge in [-0.1, -0.05) is 96.9 Å². The summed E-state index contributed by atoms with van der Waals surface area (Å²) in [5.41, 5.74) is 2.72. The first-order chi connectivity index (χ1) is 16.0. The van der Waals surface area contributed by atoms with Gasteiger partial charge in [0.15, 0.2) is 0 Å². The maximum atomic E-state index is 13.8. The first-order valence-corrected chi connectivity index (χ1v) is 11.8. The fourth-order valence-electron chi connectivity index (χ4n) is 4.03. The lowest BCUT2D eigenvalue weighted by atomic mass is 9.88. The van der Waals surface area contributed by atoms with Crippen molar-refractivity contribution >= 4 is 35.0 Å². The Morgan fingerprint density at radius 2 is 1.36 bits per heavy atom. The number of rotatable bonds is 9. The van der Waals surface area contributed by atoms with Crippen LogP contribution in [0.5, 0.6) is 0 Å². The largest absolute Gasteiger partial charge is 0.357 e.